The smallest absolute Gasteiger partial charge is 0.117 e. The second-order valence-corrected chi connectivity index (χ2v) is 2.40. The highest BCUT2D eigenvalue weighted by atomic mass is 15.0. The van der Waals surface area contributed by atoms with Gasteiger partial charge < -0.3 is 4.57 Å². The Balaban J connectivity index is 2.52. The number of imidazole rings is 1. The lowest BCUT2D eigenvalue weighted by Crippen LogP contribution is -2.01. The number of rotatable bonds is 0. The van der Waals surface area contributed by atoms with Crippen LogP contribution in [0.15, 0.2) is 30.6 Å². The first kappa shape index (κ1) is 5.47. The third kappa shape index (κ3) is 0.692. The molecule has 0 fully saturated rings. The van der Waals surface area contributed by atoms with Crippen LogP contribution in [0.2, 0.25) is 0 Å². The summed E-state index contributed by atoms with van der Waals surface area (Å²) < 4.78 is 2.01. The molecule has 1 aromatic rings. The Kier molecular flexibility index (Phi) is 1.01. The van der Waals surface area contributed by atoms with Gasteiger partial charge in [0, 0.05) is 25.0 Å². The van der Waals surface area contributed by atoms with Gasteiger partial charge in [-0.05, 0) is 11.6 Å². The molecule has 1 aliphatic heterocycles. The normalized spacial score (nSPS) is 15.4. The van der Waals surface area contributed by atoms with Crippen molar-refractivity contribution in [3.8, 4) is 0 Å². The second kappa shape index (κ2) is 1.84. The zero-order valence-electron chi connectivity index (χ0n) is 5.62. The van der Waals surface area contributed by atoms with Gasteiger partial charge >= 0.3 is 0 Å². The number of nitrogens with zero attached hydrogens (tertiary/aromatic N) is 2. The van der Waals surface area contributed by atoms with E-state index in [2.05, 4.69) is 11.6 Å². The van der Waals surface area contributed by atoms with Crippen molar-refractivity contribution >= 4 is 6.20 Å². The molecule has 50 valence electrons. The molecule has 0 aliphatic carbocycles. The summed E-state index contributed by atoms with van der Waals surface area (Å²) in [6.07, 6.45) is 8.61. The molecule has 1 aromatic heterocycles. The fourth-order valence-electron chi connectivity index (χ4n) is 1.06. The van der Waals surface area contributed by atoms with Crippen molar-refractivity contribution in [2.45, 2.75) is 6.42 Å². The molecule has 0 saturated carbocycles. The number of allylic oxidation sites excluding steroid dienone is 2. The van der Waals surface area contributed by atoms with Crippen molar-refractivity contribution < 1.29 is 0 Å². The van der Waals surface area contributed by atoms with Crippen molar-refractivity contribution in [3.05, 3.63) is 36.4 Å². The van der Waals surface area contributed by atoms with Gasteiger partial charge in [0.1, 0.15) is 5.82 Å². The average Bonchev–Trinajstić information content (AvgIpc) is 2.33. The van der Waals surface area contributed by atoms with Crippen LogP contribution in [0.5, 0.6) is 0 Å². The highest BCUT2D eigenvalue weighted by Crippen LogP contribution is 2.12. The van der Waals surface area contributed by atoms with Gasteiger partial charge in [0.2, 0.25) is 0 Å². The summed E-state index contributed by atoms with van der Waals surface area (Å²) >= 11 is 0. The molecule has 2 nitrogen and oxygen atoms in total. The largest absolute Gasteiger partial charge is 0.310 e. The van der Waals surface area contributed by atoms with Crippen molar-refractivity contribution in [1.29, 1.82) is 0 Å². The molecule has 2 heterocycles. The number of fused-ring (bicyclic) bond motifs is 1. The van der Waals surface area contributed by atoms with Crippen LogP contribution in [0.4, 0.5) is 0 Å². The number of aromatic nitrogens is 2. The van der Waals surface area contributed by atoms with Crippen LogP contribution < -0.4 is 0 Å². The summed E-state index contributed by atoms with van der Waals surface area (Å²) in [5.74, 6) is 1.08. The van der Waals surface area contributed by atoms with Crippen LogP contribution >= 0.6 is 0 Å². The van der Waals surface area contributed by atoms with Crippen LogP contribution in [0.25, 0.3) is 6.20 Å². The molecule has 0 atom stereocenters. The van der Waals surface area contributed by atoms with Crippen LogP contribution in [0, 0.1) is 0 Å². The molecule has 1 aliphatic rings. The fraction of sp³-hybridized carbons (Fsp3) is 0.125. The highest BCUT2D eigenvalue weighted by molar-refractivity contribution is 5.40. The van der Waals surface area contributed by atoms with E-state index in [1.807, 2.05) is 23.0 Å². The van der Waals surface area contributed by atoms with Gasteiger partial charge in [0.25, 0.3) is 0 Å². The Morgan fingerprint density at radius 3 is 3.40 bits per heavy atom. The predicted octanol–water partition coefficient (Wildman–Crippen LogP) is 1.47. The molecule has 0 amide bonds. The van der Waals surface area contributed by atoms with E-state index < -0.39 is 0 Å². The first-order chi connectivity index (χ1) is 4.86. The lowest BCUT2D eigenvalue weighted by atomic mass is 10.2. The first-order valence-electron chi connectivity index (χ1n) is 3.24. The molecule has 10 heavy (non-hydrogen) atoms. The van der Waals surface area contributed by atoms with Gasteiger partial charge in [0.05, 0.1) is 0 Å². The quantitative estimate of drug-likeness (QED) is 0.522. The minimum Gasteiger partial charge on any atom is -0.310 e. The third-order valence-electron chi connectivity index (χ3n) is 1.60. The van der Waals surface area contributed by atoms with E-state index in [1.54, 1.807) is 6.20 Å². The van der Waals surface area contributed by atoms with Gasteiger partial charge in [-0.2, -0.15) is 0 Å². The molecule has 2 heteroatoms. The zero-order chi connectivity index (χ0) is 6.97. The van der Waals surface area contributed by atoms with E-state index in [0.29, 0.717) is 0 Å². The van der Waals surface area contributed by atoms with Crippen LogP contribution in [-0.4, -0.2) is 9.55 Å². The minimum absolute atomic E-state index is 0.878. The minimum atomic E-state index is 0.878. The summed E-state index contributed by atoms with van der Waals surface area (Å²) in [5.41, 5.74) is 1.12. The molecule has 0 bridgehead atoms. The van der Waals surface area contributed by atoms with E-state index in [-0.39, 0.29) is 0 Å². The van der Waals surface area contributed by atoms with Crippen molar-refractivity contribution in [2.75, 3.05) is 0 Å². The van der Waals surface area contributed by atoms with Gasteiger partial charge in [-0.1, -0.05) is 6.58 Å². The highest BCUT2D eigenvalue weighted by Gasteiger charge is 2.04. The zero-order valence-corrected chi connectivity index (χ0v) is 5.62. The molecule has 0 N–H and O–H groups in total. The summed E-state index contributed by atoms with van der Waals surface area (Å²) in [6.45, 7) is 3.85. The molecule has 0 aromatic carbocycles. The standard InChI is InChI=1S/C8H8N2/c1-7-2-4-10-5-3-9-8(10)6-7/h2-5H,1,6H2. The second-order valence-electron chi connectivity index (χ2n) is 2.40. The van der Waals surface area contributed by atoms with Crippen molar-refractivity contribution in [1.82, 2.24) is 9.55 Å². The third-order valence-corrected chi connectivity index (χ3v) is 1.60. The van der Waals surface area contributed by atoms with E-state index >= 15 is 0 Å². The summed E-state index contributed by atoms with van der Waals surface area (Å²) in [4.78, 5) is 4.16. The van der Waals surface area contributed by atoms with E-state index in [4.69, 9.17) is 0 Å². The Bertz CT molecular complexity index is 294. The number of hydrogen-bond donors (Lipinski definition) is 0. The lowest BCUT2D eigenvalue weighted by Gasteiger charge is -2.07. The van der Waals surface area contributed by atoms with Crippen LogP contribution in [-0.2, 0) is 6.42 Å². The summed E-state index contributed by atoms with van der Waals surface area (Å²) in [6, 6.07) is 0. The molecule has 0 spiro atoms. The van der Waals surface area contributed by atoms with E-state index in [0.717, 1.165) is 17.8 Å². The summed E-state index contributed by atoms with van der Waals surface area (Å²) in [7, 11) is 0. The van der Waals surface area contributed by atoms with Crippen LogP contribution in [0.1, 0.15) is 5.82 Å². The van der Waals surface area contributed by atoms with Gasteiger partial charge in [-0.25, -0.2) is 4.98 Å². The fourth-order valence-corrected chi connectivity index (χ4v) is 1.06. The SMILES string of the molecule is C=C1C=Cn2ccnc2C1. The Morgan fingerprint density at radius 1 is 1.60 bits per heavy atom. The van der Waals surface area contributed by atoms with Crippen molar-refractivity contribution in [3.63, 3.8) is 0 Å². The van der Waals surface area contributed by atoms with Gasteiger partial charge in [0.15, 0.2) is 0 Å². The van der Waals surface area contributed by atoms with Crippen LogP contribution in [0.3, 0.4) is 0 Å². The first-order valence-corrected chi connectivity index (χ1v) is 3.24. The van der Waals surface area contributed by atoms with E-state index in [9.17, 15) is 0 Å². The summed E-state index contributed by atoms with van der Waals surface area (Å²) in [5, 5.41) is 0. The molecule has 0 radical (unpaired) electrons. The maximum atomic E-state index is 4.16. The Labute approximate surface area is 59.5 Å². The molecular formula is C8H8N2. The lowest BCUT2D eigenvalue weighted by molar-refractivity contribution is 0.931. The Morgan fingerprint density at radius 2 is 2.50 bits per heavy atom. The molecular weight excluding hydrogens is 124 g/mol. The molecule has 0 saturated heterocycles. The predicted molar refractivity (Wildman–Crippen MR) is 40.4 cm³/mol. The monoisotopic (exact) mass is 132 g/mol. The van der Waals surface area contributed by atoms with Gasteiger partial charge in [-0.15, -0.1) is 0 Å². The Hall–Kier alpha value is -1.31. The average molecular weight is 132 g/mol. The van der Waals surface area contributed by atoms with Crippen molar-refractivity contribution in [2.24, 2.45) is 0 Å². The maximum Gasteiger partial charge on any atom is 0.117 e. The topological polar surface area (TPSA) is 17.8 Å². The van der Waals surface area contributed by atoms with E-state index in [1.165, 1.54) is 0 Å². The van der Waals surface area contributed by atoms with Gasteiger partial charge in [-0.3, -0.25) is 0 Å². The molecule has 0 unspecified atom stereocenters. The number of hydrogen-bond acceptors (Lipinski definition) is 1. The maximum absolute atomic E-state index is 4.16. The molecule has 2 rings (SSSR count).